The van der Waals surface area contributed by atoms with Gasteiger partial charge >= 0.3 is 16.5 Å². The first-order chi connectivity index (χ1) is 13.6. The summed E-state index contributed by atoms with van der Waals surface area (Å²) in [6, 6.07) is 0. The zero-order chi connectivity index (χ0) is 24.3. The van der Waals surface area contributed by atoms with Crippen molar-refractivity contribution in [3.05, 3.63) is 0 Å². The first kappa shape index (κ1) is 34.6. The topological polar surface area (TPSA) is 323 Å². The standard InChI is InChI=1S/2C7H14O8.Ni/c2*8-1-2(9)3(10)4(11)5(12)6(13)7(14)15;/h2*2-6,8-13H,1H2,(H,14,15);/q;;+2/p-2/t2*2?,3-,4-,5+,6-;/m11./s1. The van der Waals surface area contributed by atoms with Crippen molar-refractivity contribution in [2.45, 2.75) is 61.0 Å². The molecule has 31 heavy (non-hydrogen) atoms. The Labute approximate surface area is 184 Å². The zero-order valence-electron chi connectivity index (χ0n) is 15.5. The Morgan fingerprint density at radius 2 is 0.742 bits per heavy atom. The summed E-state index contributed by atoms with van der Waals surface area (Å²) in [6.07, 6.45) is -21.0. The average molecular weight is 509 g/mol. The van der Waals surface area contributed by atoms with E-state index in [4.69, 9.17) is 61.3 Å². The molecule has 0 aromatic carbocycles. The Balaban J connectivity index is -0.000000490. The molecular weight excluding hydrogens is 483 g/mol. The van der Waals surface area contributed by atoms with E-state index in [1.54, 1.807) is 0 Å². The Bertz CT molecular complexity index is 465. The molecule has 0 spiro atoms. The average Bonchev–Trinajstić information content (AvgIpc) is 2.73. The Morgan fingerprint density at radius 3 is 0.903 bits per heavy atom. The van der Waals surface area contributed by atoms with Crippen LogP contribution in [0, 0.1) is 0 Å². The van der Waals surface area contributed by atoms with E-state index in [-0.39, 0.29) is 16.5 Å². The number of aliphatic hydroxyl groups is 12. The summed E-state index contributed by atoms with van der Waals surface area (Å²) in [7, 11) is 0. The second-order valence-corrected chi connectivity index (χ2v) is 5.97. The molecule has 0 amide bonds. The number of aliphatic hydroxyl groups excluding tert-OH is 12. The van der Waals surface area contributed by atoms with E-state index in [0.717, 1.165) is 0 Å². The molecule has 17 heteroatoms. The van der Waals surface area contributed by atoms with E-state index in [1.165, 1.54) is 0 Å². The molecule has 0 aromatic rings. The third-order valence-electron chi connectivity index (χ3n) is 3.69. The smallest absolute Gasteiger partial charge is 0.547 e. The monoisotopic (exact) mass is 508 g/mol. The van der Waals surface area contributed by atoms with Crippen LogP contribution in [0.15, 0.2) is 0 Å². The van der Waals surface area contributed by atoms with Gasteiger partial charge in [-0.3, -0.25) is 0 Å². The molecule has 0 fully saturated rings. The van der Waals surface area contributed by atoms with Crippen LogP contribution in [0.1, 0.15) is 0 Å². The molecule has 0 heterocycles. The minimum atomic E-state index is -2.40. The molecule has 0 bridgehead atoms. The third-order valence-corrected chi connectivity index (χ3v) is 3.69. The van der Waals surface area contributed by atoms with Crippen LogP contribution in [-0.4, -0.2) is 147 Å². The van der Waals surface area contributed by atoms with Crippen LogP contribution in [-0.2, 0) is 26.1 Å². The van der Waals surface area contributed by atoms with Gasteiger partial charge in [-0.15, -0.1) is 0 Å². The summed E-state index contributed by atoms with van der Waals surface area (Å²) in [5.74, 6) is -4.07. The van der Waals surface area contributed by atoms with Crippen LogP contribution in [0.4, 0.5) is 0 Å². The fourth-order valence-electron chi connectivity index (χ4n) is 1.73. The number of carbonyl (C=O) groups excluding carboxylic acids is 2. The van der Waals surface area contributed by atoms with Crippen molar-refractivity contribution in [3.63, 3.8) is 0 Å². The first-order valence-corrected chi connectivity index (χ1v) is 8.09. The number of carbonyl (C=O) groups is 2. The quantitative estimate of drug-likeness (QED) is 0.109. The van der Waals surface area contributed by atoms with Gasteiger partial charge in [0.15, 0.2) is 0 Å². The summed E-state index contributed by atoms with van der Waals surface area (Å²) >= 11 is 0. The van der Waals surface area contributed by atoms with Gasteiger partial charge in [0.1, 0.15) is 61.0 Å². The maximum Gasteiger partial charge on any atom is 2.00 e. The minimum Gasteiger partial charge on any atom is -0.547 e. The van der Waals surface area contributed by atoms with Crippen molar-refractivity contribution >= 4 is 11.9 Å². The molecule has 0 saturated carbocycles. The Hall–Kier alpha value is -1.05. The van der Waals surface area contributed by atoms with E-state index < -0.39 is 86.2 Å². The summed E-state index contributed by atoms with van der Waals surface area (Å²) in [5.41, 5.74) is 0. The molecule has 16 nitrogen and oxygen atoms in total. The number of carboxylic acids is 2. The van der Waals surface area contributed by atoms with Crippen molar-refractivity contribution in [2.24, 2.45) is 0 Å². The van der Waals surface area contributed by atoms with E-state index >= 15 is 0 Å². The third kappa shape index (κ3) is 11.4. The molecule has 10 atom stereocenters. The van der Waals surface area contributed by atoms with Crippen LogP contribution in [0.2, 0.25) is 0 Å². The maximum atomic E-state index is 10.1. The van der Waals surface area contributed by atoms with Crippen LogP contribution < -0.4 is 10.2 Å². The summed E-state index contributed by atoms with van der Waals surface area (Å²) in [4.78, 5) is 20.2. The Kier molecular flexibility index (Phi) is 18.5. The SMILES string of the molecule is O=C([O-])[C@H](O)[C@@H](O)[C@H](O)[C@H](O)C(O)CO.O=C([O-])[C@H](O)[C@@H](O)[C@H](O)[C@H](O)C(O)CO.[Ni+2]. The number of hydrogen-bond acceptors (Lipinski definition) is 16. The van der Waals surface area contributed by atoms with Crippen molar-refractivity contribution in [1.29, 1.82) is 0 Å². The van der Waals surface area contributed by atoms with E-state index in [9.17, 15) is 19.8 Å². The van der Waals surface area contributed by atoms with E-state index in [1.807, 2.05) is 0 Å². The van der Waals surface area contributed by atoms with Gasteiger partial charge in [-0.25, -0.2) is 0 Å². The largest absolute Gasteiger partial charge is 2.00 e. The predicted octanol–water partition coefficient (Wildman–Crippen LogP) is -10.9. The first-order valence-electron chi connectivity index (χ1n) is 8.09. The van der Waals surface area contributed by atoms with Crippen LogP contribution in [0.5, 0.6) is 0 Å². The number of rotatable bonds is 12. The number of aliphatic carboxylic acids is 2. The molecular formula is C14H26NiO16. The normalized spacial score (nSPS) is 20.8. The molecule has 12 N–H and O–H groups in total. The van der Waals surface area contributed by atoms with Crippen molar-refractivity contribution in [1.82, 2.24) is 0 Å². The fourth-order valence-corrected chi connectivity index (χ4v) is 1.73. The van der Waals surface area contributed by atoms with Gasteiger partial charge < -0.3 is 81.1 Å². The van der Waals surface area contributed by atoms with Gasteiger partial charge in [-0.2, -0.15) is 0 Å². The minimum absolute atomic E-state index is 0. The van der Waals surface area contributed by atoms with Crippen molar-refractivity contribution in [3.8, 4) is 0 Å². The van der Waals surface area contributed by atoms with E-state index in [2.05, 4.69) is 0 Å². The van der Waals surface area contributed by atoms with Crippen molar-refractivity contribution < 1.29 is 97.6 Å². The molecule has 0 rings (SSSR count). The van der Waals surface area contributed by atoms with Gasteiger partial charge in [0.05, 0.1) is 25.2 Å². The maximum absolute atomic E-state index is 10.1. The molecule has 188 valence electrons. The van der Waals surface area contributed by atoms with Crippen LogP contribution in [0.3, 0.4) is 0 Å². The van der Waals surface area contributed by atoms with Gasteiger partial charge in [-0.05, 0) is 0 Å². The fraction of sp³-hybridized carbons (Fsp3) is 0.857. The molecule has 0 aromatic heterocycles. The zero-order valence-corrected chi connectivity index (χ0v) is 16.5. The summed E-state index contributed by atoms with van der Waals surface area (Å²) in [6.45, 7) is -1.79. The number of hydrogen-bond donors (Lipinski definition) is 12. The van der Waals surface area contributed by atoms with Crippen LogP contribution >= 0.6 is 0 Å². The Morgan fingerprint density at radius 1 is 0.516 bits per heavy atom. The van der Waals surface area contributed by atoms with Crippen molar-refractivity contribution in [2.75, 3.05) is 13.2 Å². The molecule has 0 aliphatic carbocycles. The van der Waals surface area contributed by atoms with Gasteiger partial charge in [0, 0.05) is 0 Å². The second-order valence-electron chi connectivity index (χ2n) is 5.97. The molecule has 0 aliphatic rings. The summed E-state index contributed by atoms with van der Waals surface area (Å²) < 4.78 is 0. The molecule has 0 radical (unpaired) electrons. The van der Waals surface area contributed by atoms with Gasteiger partial charge in [0.2, 0.25) is 0 Å². The molecule has 2 unspecified atom stereocenters. The molecule has 0 saturated heterocycles. The van der Waals surface area contributed by atoms with Gasteiger partial charge in [-0.1, -0.05) is 0 Å². The second kappa shape index (κ2) is 16.6. The number of carboxylic acid groups (broad SMARTS) is 2. The van der Waals surface area contributed by atoms with E-state index in [0.29, 0.717) is 0 Å². The summed E-state index contributed by atoms with van der Waals surface area (Å²) in [5, 5.41) is 126. The van der Waals surface area contributed by atoms with Gasteiger partial charge in [0.25, 0.3) is 0 Å². The van der Waals surface area contributed by atoms with Crippen LogP contribution in [0.25, 0.3) is 0 Å². The predicted molar refractivity (Wildman–Crippen MR) is 84.3 cm³/mol. The molecule has 0 aliphatic heterocycles.